The highest BCUT2D eigenvalue weighted by Crippen LogP contribution is 2.22. The minimum Gasteiger partial charge on any atom is -0.325 e. The van der Waals surface area contributed by atoms with Crippen molar-refractivity contribution in [1.29, 1.82) is 0 Å². The molecular weight excluding hydrogens is 356 g/mol. The molecule has 3 heterocycles. The lowest BCUT2D eigenvalue weighted by atomic mass is 10.1. The highest BCUT2D eigenvalue weighted by Gasteiger charge is 2.12. The van der Waals surface area contributed by atoms with Gasteiger partial charge in [-0.1, -0.05) is 36.0 Å². The zero-order valence-electron chi connectivity index (χ0n) is 15.5. The van der Waals surface area contributed by atoms with Crippen LogP contribution in [-0.2, 0) is 13.6 Å². The molecule has 1 aromatic carbocycles. The second-order valence-electron chi connectivity index (χ2n) is 6.28. The van der Waals surface area contributed by atoms with Gasteiger partial charge in [-0.2, -0.15) is 0 Å². The number of hydrogen-bond acceptors (Lipinski definition) is 5. The van der Waals surface area contributed by atoms with E-state index in [2.05, 4.69) is 42.1 Å². The van der Waals surface area contributed by atoms with Gasteiger partial charge in [-0.3, -0.25) is 0 Å². The number of rotatable bonds is 5. The predicted molar refractivity (Wildman–Crippen MR) is 108 cm³/mol. The van der Waals surface area contributed by atoms with Crippen LogP contribution in [0.25, 0.3) is 22.8 Å². The molecule has 6 nitrogen and oxygen atoms in total. The van der Waals surface area contributed by atoms with Crippen molar-refractivity contribution in [2.45, 2.75) is 18.6 Å². The number of hydrogen-bond donors (Lipinski definition) is 0. The van der Waals surface area contributed by atoms with Crippen LogP contribution >= 0.6 is 11.8 Å². The highest BCUT2D eigenvalue weighted by atomic mass is 32.2. The first-order valence-electron chi connectivity index (χ1n) is 8.61. The van der Waals surface area contributed by atoms with Gasteiger partial charge in [0.05, 0.1) is 24.0 Å². The SMILES string of the molecule is CSc1ncc(Cn2ccnc2-c2cnc(-c3ccccc3C)nc2)n1C. The molecule has 3 aromatic heterocycles. The molecule has 4 aromatic rings. The van der Waals surface area contributed by atoms with Crippen LogP contribution in [0.5, 0.6) is 0 Å². The second kappa shape index (κ2) is 7.36. The van der Waals surface area contributed by atoms with Crippen LogP contribution in [-0.4, -0.2) is 35.3 Å². The van der Waals surface area contributed by atoms with E-state index >= 15 is 0 Å². The third kappa shape index (κ3) is 3.38. The molecule has 0 amide bonds. The molecule has 0 aliphatic heterocycles. The monoisotopic (exact) mass is 376 g/mol. The average Bonchev–Trinajstić information content (AvgIpc) is 3.30. The Morgan fingerprint density at radius 3 is 2.48 bits per heavy atom. The van der Waals surface area contributed by atoms with Crippen LogP contribution in [0.3, 0.4) is 0 Å². The molecule has 27 heavy (non-hydrogen) atoms. The van der Waals surface area contributed by atoms with Gasteiger partial charge in [-0.15, -0.1) is 0 Å². The third-order valence-corrected chi connectivity index (χ3v) is 5.31. The van der Waals surface area contributed by atoms with E-state index in [0.29, 0.717) is 6.54 Å². The fourth-order valence-electron chi connectivity index (χ4n) is 3.04. The molecule has 0 unspecified atom stereocenters. The first-order chi connectivity index (χ1) is 13.2. The summed E-state index contributed by atoms with van der Waals surface area (Å²) < 4.78 is 4.19. The number of nitrogens with zero attached hydrogens (tertiary/aromatic N) is 6. The van der Waals surface area contributed by atoms with E-state index in [1.807, 2.05) is 56.3 Å². The molecule has 0 fully saturated rings. The highest BCUT2D eigenvalue weighted by molar-refractivity contribution is 7.98. The lowest BCUT2D eigenvalue weighted by Crippen LogP contribution is -2.06. The van der Waals surface area contributed by atoms with Crippen molar-refractivity contribution in [3.63, 3.8) is 0 Å². The lowest BCUT2D eigenvalue weighted by Gasteiger charge is -2.09. The Morgan fingerprint density at radius 2 is 1.78 bits per heavy atom. The first-order valence-corrected chi connectivity index (χ1v) is 9.84. The van der Waals surface area contributed by atoms with Crippen molar-refractivity contribution >= 4 is 11.8 Å². The molecule has 0 spiro atoms. The molecule has 4 rings (SSSR count). The third-order valence-electron chi connectivity index (χ3n) is 4.57. The van der Waals surface area contributed by atoms with Crippen molar-refractivity contribution in [2.24, 2.45) is 7.05 Å². The number of aromatic nitrogens is 6. The zero-order chi connectivity index (χ0) is 18.8. The fraction of sp³-hybridized carbons (Fsp3) is 0.200. The summed E-state index contributed by atoms with van der Waals surface area (Å²) in [6, 6.07) is 8.13. The Hall–Kier alpha value is -2.93. The minimum absolute atomic E-state index is 0.693. The molecule has 0 bridgehead atoms. The smallest absolute Gasteiger partial charge is 0.167 e. The van der Waals surface area contributed by atoms with E-state index in [0.717, 1.165) is 39.2 Å². The molecule has 0 aliphatic carbocycles. The Morgan fingerprint density at radius 1 is 1.00 bits per heavy atom. The van der Waals surface area contributed by atoms with Crippen molar-refractivity contribution in [1.82, 2.24) is 29.1 Å². The summed E-state index contributed by atoms with van der Waals surface area (Å²) in [4.78, 5) is 18.1. The van der Waals surface area contributed by atoms with Gasteiger partial charge < -0.3 is 9.13 Å². The average molecular weight is 376 g/mol. The Kier molecular flexibility index (Phi) is 4.77. The van der Waals surface area contributed by atoms with Crippen molar-refractivity contribution in [3.8, 4) is 22.8 Å². The van der Waals surface area contributed by atoms with E-state index < -0.39 is 0 Å². The van der Waals surface area contributed by atoms with Crippen LogP contribution in [0, 0.1) is 6.92 Å². The van der Waals surface area contributed by atoms with Gasteiger partial charge in [0, 0.05) is 37.4 Å². The number of thioether (sulfide) groups is 1. The molecule has 7 heteroatoms. The summed E-state index contributed by atoms with van der Waals surface area (Å²) in [5.74, 6) is 1.57. The Balaban J connectivity index is 1.62. The van der Waals surface area contributed by atoms with Gasteiger partial charge in [-0.05, 0) is 18.7 Å². The van der Waals surface area contributed by atoms with Crippen LogP contribution in [0.1, 0.15) is 11.3 Å². The normalized spacial score (nSPS) is 11.1. The van der Waals surface area contributed by atoms with Gasteiger partial charge in [0.2, 0.25) is 0 Å². The summed E-state index contributed by atoms with van der Waals surface area (Å²) in [5, 5.41) is 0.998. The fourth-order valence-corrected chi connectivity index (χ4v) is 3.59. The Bertz CT molecular complexity index is 1060. The van der Waals surface area contributed by atoms with Crippen molar-refractivity contribution in [2.75, 3.05) is 6.26 Å². The molecule has 136 valence electrons. The maximum absolute atomic E-state index is 4.56. The summed E-state index contributed by atoms with van der Waals surface area (Å²) in [6.45, 7) is 2.76. The lowest BCUT2D eigenvalue weighted by molar-refractivity contribution is 0.689. The molecule has 0 atom stereocenters. The summed E-state index contributed by atoms with van der Waals surface area (Å²) in [6.07, 6.45) is 11.4. The van der Waals surface area contributed by atoms with Gasteiger partial charge >= 0.3 is 0 Å². The standard InChI is InChI=1S/C20H20N6S/c1-14-6-4-5-7-17(14)18-22-10-15(11-23-18)19-21-8-9-26(19)13-16-12-24-20(27-3)25(16)2/h4-12H,13H2,1-3H3. The molecule has 0 saturated heterocycles. The summed E-state index contributed by atoms with van der Waals surface area (Å²) >= 11 is 1.64. The van der Waals surface area contributed by atoms with E-state index in [-0.39, 0.29) is 0 Å². The van der Waals surface area contributed by atoms with Crippen LogP contribution < -0.4 is 0 Å². The van der Waals surface area contributed by atoms with E-state index in [1.165, 1.54) is 0 Å². The zero-order valence-corrected chi connectivity index (χ0v) is 16.3. The molecule has 0 radical (unpaired) electrons. The topological polar surface area (TPSA) is 61.4 Å². The maximum atomic E-state index is 4.56. The van der Waals surface area contributed by atoms with Gasteiger partial charge in [-0.25, -0.2) is 19.9 Å². The van der Waals surface area contributed by atoms with E-state index in [4.69, 9.17) is 0 Å². The summed E-state index contributed by atoms with van der Waals surface area (Å²) in [7, 11) is 2.03. The number of benzene rings is 1. The predicted octanol–water partition coefficient (Wildman–Crippen LogP) is 3.82. The minimum atomic E-state index is 0.693. The summed E-state index contributed by atoms with van der Waals surface area (Å²) in [5.41, 5.74) is 4.22. The molecule has 0 aliphatic rings. The van der Waals surface area contributed by atoms with Crippen LogP contribution in [0.4, 0.5) is 0 Å². The van der Waals surface area contributed by atoms with Crippen LogP contribution in [0.15, 0.2) is 60.4 Å². The van der Waals surface area contributed by atoms with Gasteiger partial charge in [0.25, 0.3) is 0 Å². The second-order valence-corrected chi connectivity index (χ2v) is 7.06. The van der Waals surface area contributed by atoms with E-state index in [1.54, 1.807) is 18.0 Å². The van der Waals surface area contributed by atoms with Crippen LogP contribution in [0.2, 0.25) is 0 Å². The molecule has 0 N–H and O–H groups in total. The quantitative estimate of drug-likeness (QED) is 0.496. The first kappa shape index (κ1) is 17.5. The van der Waals surface area contributed by atoms with Crippen molar-refractivity contribution < 1.29 is 0 Å². The largest absolute Gasteiger partial charge is 0.325 e. The maximum Gasteiger partial charge on any atom is 0.167 e. The van der Waals surface area contributed by atoms with E-state index in [9.17, 15) is 0 Å². The number of aryl methyl sites for hydroxylation is 1. The van der Waals surface area contributed by atoms with Crippen molar-refractivity contribution in [3.05, 3.63) is 66.5 Å². The molecule has 0 saturated carbocycles. The van der Waals surface area contributed by atoms with Gasteiger partial charge in [0.1, 0.15) is 5.82 Å². The molecular formula is C20H20N6S. The number of imidazole rings is 2. The Labute approximate surface area is 162 Å². The van der Waals surface area contributed by atoms with Gasteiger partial charge in [0.15, 0.2) is 11.0 Å².